The molecule has 0 unspecified atom stereocenters. The molecule has 0 bridgehead atoms. The van der Waals surface area contributed by atoms with Crippen molar-refractivity contribution in [1.82, 2.24) is 0 Å². The lowest BCUT2D eigenvalue weighted by molar-refractivity contribution is 0.174. The van der Waals surface area contributed by atoms with E-state index in [0.717, 1.165) is 11.1 Å². The Labute approximate surface area is 209 Å². The van der Waals surface area contributed by atoms with Gasteiger partial charge in [-0.3, -0.25) is 0 Å². The van der Waals surface area contributed by atoms with Gasteiger partial charge < -0.3 is 29.4 Å². The SMILES string of the molecule is COc1cc([C@H]2C(C#N)=C(N)Oc3cc4c(cc32)OCO4)c(Br)cc1OCc1ccccc1C#N. The number of allylic oxidation sites excluding steroid dienone is 1. The summed E-state index contributed by atoms with van der Waals surface area (Å²) in [5.41, 5.74) is 9.13. The van der Waals surface area contributed by atoms with Gasteiger partial charge in [-0.15, -0.1) is 0 Å². The van der Waals surface area contributed by atoms with Gasteiger partial charge in [0.2, 0.25) is 12.7 Å². The molecule has 0 saturated carbocycles. The van der Waals surface area contributed by atoms with Crippen molar-refractivity contribution < 1.29 is 23.7 Å². The molecule has 0 amide bonds. The summed E-state index contributed by atoms with van der Waals surface area (Å²) >= 11 is 3.63. The number of nitriles is 2. The second kappa shape index (κ2) is 9.13. The molecule has 174 valence electrons. The van der Waals surface area contributed by atoms with E-state index in [1.54, 1.807) is 36.4 Å². The maximum atomic E-state index is 9.92. The third kappa shape index (κ3) is 3.96. The highest BCUT2D eigenvalue weighted by Crippen LogP contribution is 2.50. The molecule has 2 aliphatic rings. The van der Waals surface area contributed by atoms with Gasteiger partial charge in [-0.05, 0) is 29.8 Å². The lowest BCUT2D eigenvalue weighted by Gasteiger charge is -2.28. The number of hydrogen-bond donors (Lipinski definition) is 1. The van der Waals surface area contributed by atoms with Crippen LogP contribution in [0.1, 0.15) is 28.2 Å². The van der Waals surface area contributed by atoms with Crippen molar-refractivity contribution in [2.24, 2.45) is 5.73 Å². The first-order chi connectivity index (χ1) is 17.0. The predicted octanol–water partition coefficient (Wildman–Crippen LogP) is 4.86. The number of methoxy groups -OCH3 is 1. The molecule has 0 aliphatic carbocycles. The topological polar surface area (TPSA) is 120 Å². The van der Waals surface area contributed by atoms with Crippen LogP contribution in [0.4, 0.5) is 0 Å². The van der Waals surface area contributed by atoms with Gasteiger partial charge in [0.1, 0.15) is 24.0 Å². The van der Waals surface area contributed by atoms with Gasteiger partial charge >= 0.3 is 0 Å². The lowest BCUT2D eigenvalue weighted by atomic mass is 9.83. The van der Waals surface area contributed by atoms with Crippen LogP contribution in [0.5, 0.6) is 28.7 Å². The summed E-state index contributed by atoms with van der Waals surface area (Å²) in [6.07, 6.45) is 0. The maximum absolute atomic E-state index is 9.92. The van der Waals surface area contributed by atoms with Crippen molar-refractivity contribution >= 4 is 15.9 Å². The molecule has 1 atom stereocenters. The van der Waals surface area contributed by atoms with E-state index in [0.29, 0.717) is 44.3 Å². The Morgan fingerprint density at radius 3 is 2.51 bits per heavy atom. The summed E-state index contributed by atoms with van der Waals surface area (Å²) in [5.74, 6) is 2.00. The minimum atomic E-state index is -0.546. The number of nitrogens with two attached hydrogens (primary N) is 1. The summed E-state index contributed by atoms with van der Waals surface area (Å²) in [6.45, 7) is 0.293. The Bertz CT molecular complexity index is 1450. The van der Waals surface area contributed by atoms with Crippen LogP contribution in [0.2, 0.25) is 0 Å². The predicted molar refractivity (Wildman–Crippen MR) is 128 cm³/mol. The normalized spacial score (nSPS) is 15.5. The first-order valence-corrected chi connectivity index (χ1v) is 11.3. The van der Waals surface area contributed by atoms with Crippen molar-refractivity contribution in [3.63, 3.8) is 0 Å². The van der Waals surface area contributed by atoms with Gasteiger partial charge in [0.05, 0.1) is 24.7 Å². The molecule has 9 heteroatoms. The van der Waals surface area contributed by atoms with E-state index in [9.17, 15) is 10.5 Å². The Hall–Kier alpha value is -4.34. The van der Waals surface area contributed by atoms with Crippen LogP contribution in [0.25, 0.3) is 0 Å². The second-order valence-electron chi connectivity index (χ2n) is 7.75. The van der Waals surface area contributed by atoms with Crippen LogP contribution >= 0.6 is 15.9 Å². The molecule has 0 radical (unpaired) electrons. The number of hydrogen-bond acceptors (Lipinski definition) is 8. The summed E-state index contributed by atoms with van der Waals surface area (Å²) < 4.78 is 29.1. The van der Waals surface area contributed by atoms with E-state index in [-0.39, 0.29) is 24.9 Å². The molecule has 2 aliphatic heterocycles. The van der Waals surface area contributed by atoms with Crippen LogP contribution in [0.15, 0.2) is 64.5 Å². The first-order valence-electron chi connectivity index (χ1n) is 10.5. The summed E-state index contributed by atoms with van der Waals surface area (Å²) in [5, 5.41) is 19.3. The molecular formula is C26H18BrN3O5. The maximum Gasteiger partial charge on any atom is 0.231 e. The van der Waals surface area contributed by atoms with Crippen molar-refractivity contribution in [2.45, 2.75) is 12.5 Å². The quantitative estimate of drug-likeness (QED) is 0.495. The fraction of sp³-hybridized carbons (Fsp3) is 0.154. The van der Waals surface area contributed by atoms with Crippen molar-refractivity contribution in [3.8, 4) is 40.9 Å². The third-order valence-electron chi connectivity index (χ3n) is 5.83. The summed E-state index contributed by atoms with van der Waals surface area (Å²) in [6, 6.07) is 18.7. The van der Waals surface area contributed by atoms with E-state index in [1.165, 1.54) is 7.11 Å². The molecule has 3 aromatic carbocycles. The molecule has 35 heavy (non-hydrogen) atoms. The Kier molecular flexibility index (Phi) is 5.86. The highest BCUT2D eigenvalue weighted by molar-refractivity contribution is 9.10. The molecule has 5 rings (SSSR count). The number of benzene rings is 3. The fourth-order valence-electron chi connectivity index (χ4n) is 4.12. The first kappa shape index (κ1) is 22.5. The lowest BCUT2D eigenvalue weighted by Crippen LogP contribution is -2.21. The average Bonchev–Trinajstić information content (AvgIpc) is 3.33. The smallest absolute Gasteiger partial charge is 0.231 e. The molecule has 0 saturated heterocycles. The monoisotopic (exact) mass is 531 g/mol. The summed E-state index contributed by atoms with van der Waals surface area (Å²) in [4.78, 5) is 0. The van der Waals surface area contributed by atoms with Crippen molar-refractivity contribution in [3.05, 3.63) is 86.7 Å². The molecule has 8 nitrogen and oxygen atoms in total. The molecular weight excluding hydrogens is 514 g/mol. The highest BCUT2D eigenvalue weighted by Gasteiger charge is 2.35. The molecule has 0 aromatic heterocycles. The van der Waals surface area contributed by atoms with Crippen LogP contribution in [-0.2, 0) is 6.61 Å². The molecule has 2 heterocycles. The third-order valence-corrected chi connectivity index (χ3v) is 6.51. The highest BCUT2D eigenvalue weighted by atomic mass is 79.9. The Balaban J connectivity index is 1.56. The zero-order valence-corrected chi connectivity index (χ0v) is 20.1. The van der Waals surface area contributed by atoms with Crippen LogP contribution in [-0.4, -0.2) is 13.9 Å². The molecule has 0 fully saturated rings. The second-order valence-corrected chi connectivity index (χ2v) is 8.60. The van der Waals surface area contributed by atoms with Gasteiger partial charge in [-0.25, -0.2) is 0 Å². The van der Waals surface area contributed by atoms with E-state index >= 15 is 0 Å². The van der Waals surface area contributed by atoms with Crippen molar-refractivity contribution in [2.75, 3.05) is 13.9 Å². The fourth-order valence-corrected chi connectivity index (χ4v) is 4.67. The largest absolute Gasteiger partial charge is 0.493 e. The zero-order valence-electron chi connectivity index (χ0n) is 18.5. The zero-order chi connectivity index (χ0) is 24.5. The Morgan fingerprint density at radius 1 is 1.00 bits per heavy atom. The number of fused-ring (bicyclic) bond motifs is 2. The van der Waals surface area contributed by atoms with E-state index in [1.807, 2.05) is 12.1 Å². The van der Waals surface area contributed by atoms with Gasteiger partial charge in [-0.1, -0.05) is 34.1 Å². The van der Waals surface area contributed by atoms with Crippen LogP contribution in [0.3, 0.4) is 0 Å². The number of ether oxygens (including phenoxy) is 5. The minimum Gasteiger partial charge on any atom is -0.493 e. The number of halogens is 1. The summed E-state index contributed by atoms with van der Waals surface area (Å²) in [7, 11) is 1.54. The standard InChI is InChI=1S/C26H18BrN3O5/c1-31-21-6-16(19(27)8-23(21)32-12-15-5-3-2-4-14(15)10-28)25-17-7-22-24(34-13-33-22)9-20(17)35-26(30)18(25)11-29/h2-9,25H,12-13,30H2,1H3/t25-/m1/s1. The van der Waals surface area contributed by atoms with Gasteiger partial charge in [0, 0.05) is 21.7 Å². The van der Waals surface area contributed by atoms with Crippen LogP contribution < -0.4 is 29.4 Å². The molecule has 3 aromatic rings. The van der Waals surface area contributed by atoms with Gasteiger partial charge in [0.25, 0.3) is 0 Å². The van der Waals surface area contributed by atoms with Crippen LogP contribution in [0, 0.1) is 22.7 Å². The van der Waals surface area contributed by atoms with Crippen molar-refractivity contribution in [1.29, 1.82) is 10.5 Å². The van der Waals surface area contributed by atoms with Gasteiger partial charge in [-0.2, -0.15) is 10.5 Å². The van der Waals surface area contributed by atoms with E-state index < -0.39 is 5.92 Å². The number of rotatable bonds is 5. The average molecular weight is 532 g/mol. The number of nitrogens with zero attached hydrogens (tertiary/aromatic N) is 2. The Morgan fingerprint density at radius 2 is 1.77 bits per heavy atom. The minimum absolute atomic E-state index is 0.0168. The molecule has 0 spiro atoms. The van der Waals surface area contributed by atoms with E-state index in [4.69, 9.17) is 29.4 Å². The van der Waals surface area contributed by atoms with Gasteiger partial charge in [0.15, 0.2) is 23.0 Å². The molecule has 2 N–H and O–H groups in total. The van der Waals surface area contributed by atoms with E-state index in [2.05, 4.69) is 28.1 Å².